The van der Waals surface area contributed by atoms with Crippen molar-refractivity contribution in [3.05, 3.63) is 10.2 Å². The molecule has 1 heterocycles. The molecule has 0 spiro atoms. The maximum absolute atomic E-state index is 12.1. The van der Waals surface area contributed by atoms with Crippen LogP contribution in [0.5, 0.6) is 0 Å². The number of aryl methyl sites for hydroxylation is 1. The minimum Gasteiger partial charge on any atom is -0.229 e. The van der Waals surface area contributed by atoms with Crippen molar-refractivity contribution in [3.8, 4) is 0 Å². The summed E-state index contributed by atoms with van der Waals surface area (Å²) in [5.74, 6) is 0. The van der Waals surface area contributed by atoms with Crippen LogP contribution in [0.25, 0.3) is 0 Å². The fourth-order valence-corrected chi connectivity index (χ4v) is 4.15. The van der Waals surface area contributed by atoms with Crippen molar-refractivity contribution >= 4 is 33.0 Å². The maximum atomic E-state index is 12.1. The van der Waals surface area contributed by atoms with Gasteiger partial charge < -0.3 is 0 Å². The third-order valence-corrected chi connectivity index (χ3v) is 5.43. The van der Waals surface area contributed by atoms with Gasteiger partial charge in [-0.2, -0.15) is 17.5 Å². The average Bonchev–Trinajstić information content (AvgIpc) is 2.42. The van der Waals surface area contributed by atoms with E-state index in [9.17, 15) is 21.6 Å². The summed E-state index contributed by atoms with van der Waals surface area (Å²) in [4.78, 5) is 3.65. The number of rotatable bonds is 3. The molecule has 0 aliphatic carbocycles. The number of sulfonamides is 1. The van der Waals surface area contributed by atoms with Crippen molar-refractivity contribution in [1.29, 1.82) is 0 Å². The standard InChI is InChI=1S/C7H8ClF3N2O2S2/c1-4-5(16-6(8)12-4)17(14,15)13(2)3-7(9,10)11/h3H2,1-2H3. The normalized spacial score (nSPS) is 13.4. The van der Waals surface area contributed by atoms with Crippen LogP contribution in [0, 0.1) is 6.92 Å². The van der Waals surface area contributed by atoms with Crippen molar-refractivity contribution in [2.75, 3.05) is 13.6 Å². The summed E-state index contributed by atoms with van der Waals surface area (Å²) in [6.07, 6.45) is -4.59. The van der Waals surface area contributed by atoms with Gasteiger partial charge in [0.05, 0.1) is 5.69 Å². The maximum Gasteiger partial charge on any atom is 0.402 e. The van der Waals surface area contributed by atoms with Gasteiger partial charge in [-0.05, 0) is 6.92 Å². The Hall–Kier alpha value is -0.380. The molecule has 1 rings (SSSR count). The van der Waals surface area contributed by atoms with E-state index in [0.717, 1.165) is 7.05 Å². The van der Waals surface area contributed by atoms with E-state index in [1.165, 1.54) is 6.92 Å². The molecule has 0 aliphatic rings. The Morgan fingerprint density at radius 3 is 2.35 bits per heavy atom. The first-order valence-corrected chi connectivity index (χ1v) is 6.83. The van der Waals surface area contributed by atoms with Crippen LogP contribution < -0.4 is 0 Å². The SMILES string of the molecule is Cc1nc(Cl)sc1S(=O)(=O)N(C)CC(F)(F)F. The number of alkyl halides is 3. The first-order valence-electron chi connectivity index (χ1n) is 4.20. The highest BCUT2D eigenvalue weighted by Gasteiger charge is 2.36. The van der Waals surface area contributed by atoms with E-state index in [1.807, 2.05) is 0 Å². The van der Waals surface area contributed by atoms with Gasteiger partial charge in [-0.15, -0.1) is 0 Å². The molecule has 0 N–H and O–H groups in total. The van der Waals surface area contributed by atoms with Crippen molar-refractivity contribution < 1.29 is 21.6 Å². The van der Waals surface area contributed by atoms with Gasteiger partial charge in [0.15, 0.2) is 8.68 Å². The van der Waals surface area contributed by atoms with E-state index in [-0.39, 0.29) is 18.7 Å². The molecule has 0 bridgehead atoms. The monoisotopic (exact) mass is 308 g/mol. The van der Waals surface area contributed by atoms with Gasteiger partial charge in [-0.25, -0.2) is 13.4 Å². The van der Waals surface area contributed by atoms with Crippen LogP contribution >= 0.6 is 22.9 Å². The second-order valence-electron chi connectivity index (χ2n) is 3.22. The number of hydrogen-bond donors (Lipinski definition) is 0. The molecule has 1 aromatic heterocycles. The zero-order valence-electron chi connectivity index (χ0n) is 8.75. The topological polar surface area (TPSA) is 50.3 Å². The summed E-state index contributed by atoms with van der Waals surface area (Å²) in [5, 5.41) is 0. The molecule has 1 aromatic rings. The highest BCUT2D eigenvalue weighted by Crippen LogP contribution is 2.30. The van der Waals surface area contributed by atoms with E-state index in [4.69, 9.17) is 11.6 Å². The molecule has 98 valence electrons. The first kappa shape index (κ1) is 14.7. The largest absolute Gasteiger partial charge is 0.402 e. The molecule has 0 aliphatic heterocycles. The molecule has 0 fully saturated rings. The Balaban J connectivity index is 3.08. The highest BCUT2D eigenvalue weighted by atomic mass is 35.5. The molecule has 0 saturated heterocycles. The van der Waals surface area contributed by atoms with Crippen LogP contribution in [0.4, 0.5) is 13.2 Å². The molecule has 0 saturated carbocycles. The Morgan fingerprint density at radius 2 is 2.00 bits per heavy atom. The second kappa shape index (κ2) is 4.71. The molecule has 0 amide bonds. The molecule has 0 unspecified atom stereocenters. The van der Waals surface area contributed by atoms with Crippen molar-refractivity contribution in [2.24, 2.45) is 0 Å². The number of thiazole rings is 1. The van der Waals surface area contributed by atoms with Crippen LogP contribution in [0.1, 0.15) is 5.69 Å². The van der Waals surface area contributed by atoms with Crippen LogP contribution in [0.2, 0.25) is 4.47 Å². The number of aromatic nitrogens is 1. The lowest BCUT2D eigenvalue weighted by atomic mass is 10.6. The Morgan fingerprint density at radius 1 is 1.47 bits per heavy atom. The lowest BCUT2D eigenvalue weighted by molar-refractivity contribution is -0.134. The molecule has 0 radical (unpaired) electrons. The van der Waals surface area contributed by atoms with Crippen molar-refractivity contribution in [3.63, 3.8) is 0 Å². The minimum absolute atomic E-state index is 0.0264. The van der Waals surface area contributed by atoms with E-state index < -0.39 is 22.7 Å². The van der Waals surface area contributed by atoms with E-state index in [1.54, 1.807) is 0 Å². The predicted octanol–water partition coefficient (Wildman–Crippen LogP) is 2.29. The van der Waals surface area contributed by atoms with Crippen molar-refractivity contribution in [2.45, 2.75) is 17.3 Å². The van der Waals surface area contributed by atoms with E-state index >= 15 is 0 Å². The summed E-state index contributed by atoms with van der Waals surface area (Å²) in [7, 11) is -3.34. The molecule has 17 heavy (non-hydrogen) atoms. The van der Waals surface area contributed by atoms with E-state index in [2.05, 4.69) is 4.98 Å². The van der Waals surface area contributed by atoms with Gasteiger partial charge in [0.25, 0.3) is 10.0 Å². The number of halogens is 4. The van der Waals surface area contributed by atoms with Gasteiger partial charge in [-0.3, -0.25) is 0 Å². The Labute approximate surface area is 105 Å². The highest BCUT2D eigenvalue weighted by molar-refractivity contribution is 7.91. The van der Waals surface area contributed by atoms with Crippen LogP contribution in [-0.4, -0.2) is 37.5 Å². The molecular formula is C7H8ClF3N2O2S2. The lowest BCUT2D eigenvalue weighted by Gasteiger charge is -2.17. The fraction of sp³-hybridized carbons (Fsp3) is 0.571. The van der Waals surface area contributed by atoms with Gasteiger partial charge >= 0.3 is 6.18 Å². The third kappa shape index (κ3) is 3.54. The van der Waals surface area contributed by atoms with Gasteiger partial charge in [0.1, 0.15) is 6.54 Å². The van der Waals surface area contributed by atoms with E-state index in [0.29, 0.717) is 11.3 Å². The zero-order valence-corrected chi connectivity index (χ0v) is 11.1. The molecule has 10 heteroatoms. The fourth-order valence-electron chi connectivity index (χ4n) is 1.07. The van der Waals surface area contributed by atoms with Gasteiger partial charge in [0.2, 0.25) is 0 Å². The van der Waals surface area contributed by atoms with Crippen LogP contribution in [-0.2, 0) is 10.0 Å². The van der Waals surface area contributed by atoms with Crippen LogP contribution in [0.15, 0.2) is 4.21 Å². The number of nitrogens with zero attached hydrogens (tertiary/aromatic N) is 2. The Bertz CT molecular complexity index is 512. The Kier molecular flexibility index (Phi) is 4.07. The summed E-state index contributed by atoms with van der Waals surface area (Å²) in [6, 6.07) is 0. The van der Waals surface area contributed by atoms with Gasteiger partial charge in [0, 0.05) is 7.05 Å². The molecular weight excluding hydrogens is 301 g/mol. The summed E-state index contributed by atoms with van der Waals surface area (Å²) >= 11 is 6.14. The molecule has 4 nitrogen and oxygen atoms in total. The number of hydrogen-bond acceptors (Lipinski definition) is 4. The average molecular weight is 309 g/mol. The lowest BCUT2D eigenvalue weighted by Crippen LogP contribution is -2.35. The van der Waals surface area contributed by atoms with Crippen LogP contribution in [0.3, 0.4) is 0 Å². The molecule has 0 aromatic carbocycles. The molecule has 0 atom stereocenters. The quantitative estimate of drug-likeness (QED) is 0.861. The zero-order chi connectivity index (χ0) is 13.4. The predicted molar refractivity (Wildman–Crippen MR) is 57.7 cm³/mol. The third-order valence-electron chi connectivity index (χ3n) is 1.77. The summed E-state index contributed by atoms with van der Waals surface area (Å²) in [6.45, 7) is -0.180. The minimum atomic E-state index is -4.59. The summed E-state index contributed by atoms with van der Waals surface area (Å²) < 4.78 is 59.8. The second-order valence-corrected chi connectivity index (χ2v) is 7.04. The van der Waals surface area contributed by atoms with Crippen molar-refractivity contribution in [1.82, 2.24) is 9.29 Å². The summed E-state index contributed by atoms with van der Waals surface area (Å²) in [5.41, 5.74) is 0.0917. The smallest absolute Gasteiger partial charge is 0.229 e. The first-order chi connectivity index (χ1) is 7.54. The van der Waals surface area contributed by atoms with Gasteiger partial charge in [-0.1, -0.05) is 22.9 Å².